The van der Waals surface area contributed by atoms with Crippen LogP contribution in [0, 0.1) is 240 Å². The molecule has 21 aliphatic carbocycles. The Balaban J connectivity index is 0.000000194. The van der Waals surface area contributed by atoms with Crippen LogP contribution in [0.1, 0.15) is 550 Å². The molecule has 0 N–H and O–H groups in total. The van der Waals surface area contributed by atoms with Gasteiger partial charge in [-0.15, -0.1) is 0 Å². The molecule has 0 radical (unpaired) electrons. The minimum Gasteiger partial charge on any atom is -0.0776 e. The Hall–Kier alpha value is 0. The van der Waals surface area contributed by atoms with E-state index in [1.165, 1.54) is 225 Å². The molecule has 0 amide bonds. The third-order valence-electron chi connectivity index (χ3n) is 42.8. The first kappa shape index (κ1) is 111. The smallest absolute Gasteiger partial charge is 0.0235 e. The zero-order valence-electron chi connectivity index (χ0n) is 89.5. The molecule has 21 fully saturated rings. The molecule has 0 nitrogen and oxygen atoms in total. The molecule has 0 heterocycles. The van der Waals surface area contributed by atoms with Crippen molar-refractivity contribution in [2.45, 2.75) is 550 Å². The maximum Gasteiger partial charge on any atom is -0.0235 e. The maximum atomic E-state index is 2.58. The summed E-state index contributed by atoms with van der Waals surface area (Å²) in [6, 6.07) is 0. The van der Waals surface area contributed by atoms with Gasteiger partial charge in [0.1, 0.15) is 0 Å². The first-order valence-corrected chi connectivity index (χ1v) is 54.8. The number of hydrogen-bond donors (Lipinski definition) is 0. The number of rotatable bonds is 10. The van der Waals surface area contributed by atoms with Gasteiger partial charge in [-0.3, -0.25) is 0 Å². The van der Waals surface area contributed by atoms with E-state index in [2.05, 4.69) is 270 Å². The fourth-order valence-corrected chi connectivity index (χ4v) is 44.2. The number of hydrogen-bond acceptors (Lipinski definition) is 0. The summed E-state index contributed by atoms with van der Waals surface area (Å²) in [4.78, 5) is 0. The normalized spacial score (nSPS) is 50.4. The monoisotopic (exact) mass is 1730 g/mol. The molecule has 0 aliphatic heterocycles. The second-order valence-corrected chi connectivity index (χ2v) is 61.6. The predicted molar refractivity (Wildman–Crippen MR) is 557 cm³/mol. The lowest BCUT2D eigenvalue weighted by Crippen LogP contribution is -2.56. The fraction of sp³-hybridized carbons (Fsp3) is 1.00. The molecule has 0 saturated heterocycles. The van der Waals surface area contributed by atoms with Crippen LogP contribution in [0.25, 0.3) is 0 Å². The van der Waals surface area contributed by atoms with Crippen LogP contribution >= 0.6 is 0 Å². The highest BCUT2D eigenvalue weighted by Crippen LogP contribution is 2.78. The third-order valence-corrected chi connectivity index (χ3v) is 42.8. The molecule has 13 atom stereocenters. The van der Waals surface area contributed by atoms with Gasteiger partial charge in [-0.25, -0.2) is 0 Å². The van der Waals surface area contributed by atoms with Gasteiger partial charge in [0.05, 0.1) is 0 Å². The van der Waals surface area contributed by atoms with E-state index < -0.39 is 0 Å². The molecule has 0 aromatic carbocycles. The van der Waals surface area contributed by atoms with E-state index in [1.807, 2.05) is 0 Å². The maximum absolute atomic E-state index is 2.58. The first-order chi connectivity index (χ1) is 54.8. The third kappa shape index (κ3) is 24.0. The summed E-state index contributed by atoms with van der Waals surface area (Å²) in [7, 11) is 0. The van der Waals surface area contributed by atoms with Crippen molar-refractivity contribution in [3.63, 3.8) is 0 Å². The Labute approximate surface area is 785 Å². The summed E-state index contributed by atoms with van der Waals surface area (Å²) in [6.07, 6.45) is 58.5. The minimum atomic E-state index is 0. The molecule has 0 heteroatoms. The van der Waals surface area contributed by atoms with Crippen LogP contribution in [0.5, 0.6) is 0 Å². The van der Waals surface area contributed by atoms with Gasteiger partial charge >= 0.3 is 0 Å². The fourth-order valence-electron chi connectivity index (χ4n) is 44.2. The van der Waals surface area contributed by atoms with E-state index in [9.17, 15) is 0 Å². The van der Waals surface area contributed by atoms with E-state index in [-0.39, 0.29) is 29.7 Å². The molecule has 0 aromatic heterocycles. The van der Waals surface area contributed by atoms with Crippen molar-refractivity contribution in [3.8, 4) is 0 Å². The molecule has 21 aliphatic rings. The van der Waals surface area contributed by atoms with Gasteiger partial charge in [0, 0.05) is 0 Å². The van der Waals surface area contributed by atoms with Gasteiger partial charge in [-0.1, -0.05) is 306 Å². The van der Waals surface area contributed by atoms with Crippen LogP contribution in [-0.2, 0) is 0 Å². The average molecular weight is 1730 g/mol. The van der Waals surface area contributed by atoms with Crippen LogP contribution in [0.2, 0.25) is 0 Å². The largest absolute Gasteiger partial charge is 0.0776 e. The average Bonchev–Trinajstić information content (AvgIpc) is 1.49. The lowest BCUT2D eigenvalue weighted by molar-refractivity contribution is -0.162. The zero-order chi connectivity index (χ0) is 89.5. The van der Waals surface area contributed by atoms with E-state index in [0.29, 0.717) is 70.4 Å². The van der Waals surface area contributed by atoms with Crippen molar-refractivity contribution in [3.05, 3.63) is 0 Å². The highest BCUT2D eigenvalue weighted by molar-refractivity contribution is 5.18. The van der Waals surface area contributed by atoms with Crippen molar-refractivity contribution in [2.75, 3.05) is 0 Å². The van der Waals surface area contributed by atoms with Gasteiger partial charge < -0.3 is 0 Å². The van der Waals surface area contributed by atoms with Crippen LogP contribution < -0.4 is 0 Å². The molecule has 20 bridgehead atoms. The summed E-state index contributed by atoms with van der Waals surface area (Å²) in [5.41, 5.74) is 11.5. The Bertz CT molecular complexity index is 2990. The quantitative estimate of drug-likeness (QED) is 0.205. The Morgan fingerprint density at radius 2 is 0.532 bits per heavy atom. The molecular weight excluding hydrogens is 1490 g/mol. The van der Waals surface area contributed by atoms with Crippen molar-refractivity contribution >= 4 is 0 Å². The van der Waals surface area contributed by atoms with Gasteiger partial charge in [0.2, 0.25) is 0 Å². The van der Waals surface area contributed by atoms with Crippen molar-refractivity contribution in [1.29, 1.82) is 0 Å². The first-order valence-electron chi connectivity index (χ1n) is 54.8. The lowest BCUT2D eigenvalue weighted by Gasteiger charge is -2.67. The van der Waals surface area contributed by atoms with Gasteiger partial charge in [-0.05, 0) is 484 Å². The van der Waals surface area contributed by atoms with E-state index in [0.717, 1.165) is 170 Å². The SMILES string of the molecule is C.C.C.C.CC(C)C12CC3(C)CC1CC(C)(C3)C2.CC(C)C12CC3CC(C)(CC(C)(C3)C1)C2.CC(C)CC[C@@H]1CC[C@H]2C[C@@H]1C2(C)C.CC1CC2(C)CC(C(C)C)CC(C)(C1)C2.CC1CC2(C)CC(C(C)C)CC(C)(C1)C2.CC1CC2(C)CC(C)CC(C(C)C)(C1)C2.CC1CC2(C)CC(C)CC(C)(C1)C2C(C)C.CC1CC2(C)CC(C)CC(C)(C1)C2C(C)C. The highest BCUT2D eigenvalue weighted by Gasteiger charge is 2.68. The Morgan fingerprint density at radius 3 is 0.790 bits per heavy atom. The Kier molecular flexibility index (Phi) is 35.1. The van der Waals surface area contributed by atoms with Gasteiger partial charge in [0.15, 0.2) is 0 Å². The molecule has 0 aromatic rings. The zero-order valence-corrected chi connectivity index (χ0v) is 89.5. The molecule has 21 saturated carbocycles. The van der Waals surface area contributed by atoms with Gasteiger partial charge in [0.25, 0.3) is 0 Å². The van der Waals surface area contributed by atoms with E-state index in [4.69, 9.17) is 0 Å². The summed E-state index contributed by atoms with van der Waals surface area (Å²) in [5, 5.41) is 0. The second kappa shape index (κ2) is 39.2. The molecule has 10 unspecified atom stereocenters. The summed E-state index contributed by atoms with van der Waals surface area (Å²) in [5.74, 6) is 23.9. The van der Waals surface area contributed by atoms with Crippen LogP contribution in [0.4, 0.5) is 0 Å². The minimum absolute atomic E-state index is 0. The van der Waals surface area contributed by atoms with E-state index in [1.54, 1.807) is 25.7 Å². The molecular formula is C124H236. The lowest BCUT2D eigenvalue weighted by atomic mass is 9.38. The number of fused-ring (bicyclic) bond motifs is 12. The highest BCUT2D eigenvalue weighted by atomic mass is 14.7. The van der Waals surface area contributed by atoms with Crippen LogP contribution in [-0.4, -0.2) is 0 Å². The van der Waals surface area contributed by atoms with Crippen LogP contribution in [0.3, 0.4) is 0 Å². The van der Waals surface area contributed by atoms with Gasteiger partial charge in [-0.2, -0.15) is 0 Å². The predicted octanol–water partition coefficient (Wildman–Crippen LogP) is 40.8. The topological polar surface area (TPSA) is 0 Å². The molecule has 21 rings (SSSR count). The van der Waals surface area contributed by atoms with Crippen LogP contribution in [0.15, 0.2) is 0 Å². The summed E-state index contributed by atoms with van der Waals surface area (Å²) < 4.78 is 0. The Morgan fingerprint density at radius 1 is 0.250 bits per heavy atom. The van der Waals surface area contributed by atoms with Crippen molar-refractivity contribution < 1.29 is 0 Å². The summed E-state index contributed by atoms with van der Waals surface area (Å²) in [6.45, 7) is 97.1. The van der Waals surface area contributed by atoms with E-state index >= 15 is 0 Å². The van der Waals surface area contributed by atoms with Crippen molar-refractivity contribution in [2.24, 2.45) is 240 Å². The molecule has 0 spiro atoms. The standard InChI is InChI=1S/2C16H30.C15H26.3C15H28.C14H24.C14H26.4CH4/c2*1-11(2)14-15(5)7-12(3)8-16(14,6)10-13(4)9-15;1-11(2)15-7-12-5-13(3,9-15)8-14(4,6-12)10-15;1-11(2)15-8-12(3)6-14(5,10-15)7-13(4)9-15;2*1-11(2)13-8-14(4)6-12(3)7-15(5,9-13)10-14;1-10(2)14-8-12(3)5-11(14)6-13(4,7-12)9-14;1-10(2)5-6-11-7-8-12-9-13(11)14(12,3)4;;;;/h2*11-14H,7-10H2,1-6H3;11-12H,5-10H2,1-4H3;3*11-13H,6-10H2,1-5H3;10-11H,5-9H2,1-4H3;10-13H,5-9H2,1-4H3;4*1H4/t;;;;;;;11-,12+,13+;;;;/m.......1..../s1. The van der Waals surface area contributed by atoms with Crippen molar-refractivity contribution in [1.82, 2.24) is 0 Å². The molecule has 732 valence electrons. The molecule has 124 heavy (non-hydrogen) atoms. The summed E-state index contributed by atoms with van der Waals surface area (Å²) >= 11 is 0. The second-order valence-electron chi connectivity index (χ2n) is 61.6.